The van der Waals surface area contributed by atoms with E-state index in [1.54, 1.807) is 0 Å². The molecule has 5 heteroatoms. The van der Waals surface area contributed by atoms with Crippen LogP contribution in [0.4, 0.5) is 0 Å². The quantitative estimate of drug-likeness (QED) is 0.323. The van der Waals surface area contributed by atoms with Crippen LogP contribution in [0, 0.1) is 0 Å². The molecule has 1 unspecified atom stereocenters. The van der Waals surface area contributed by atoms with Gasteiger partial charge in [-0.3, -0.25) is 8.74 Å². The van der Waals surface area contributed by atoms with Gasteiger partial charge >= 0.3 is 11.4 Å². The molecule has 0 fully saturated rings. The summed E-state index contributed by atoms with van der Waals surface area (Å²) in [5, 5.41) is 0. The van der Waals surface area contributed by atoms with Gasteiger partial charge in [0.15, 0.2) is 0 Å². The first-order valence-corrected chi connectivity index (χ1v) is 7.79. The van der Waals surface area contributed by atoms with Crippen LogP contribution in [0.15, 0.2) is 0 Å². The van der Waals surface area contributed by atoms with E-state index in [9.17, 15) is 4.21 Å². The zero-order chi connectivity index (χ0) is 12.1. The second kappa shape index (κ2) is 13.5. The molecule has 0 rings (SSSR count). The summed E-state index contributed by atoms with van der Waals surface area (Å²) in [6, 6.07) is 0. The molecule has 0 spiro atoms. The largest absolute Gasteiger partial charge is 0.301 e. The molecule has 98 valence electrons. The molecule has 0 aromatic heterocycles. The van der Waals surface area contributed by atoms with Crippen molar-refractivity contribution in [3.63, 3.8) is 0 Å². The predicted octanol–water partition coefficient (Wildman–Crippen LogP) is 3.58. The van der Waals surface area contributed by atoms with Crippen molar-refractivity contribution in [3.05, 3.63) is 0 Å². The molecule has 0 amide bonds. The first-order valence-electron chi connectivity index (χ1n) is 6.12. The van der Waals surface area contributed by atoms with Gasteiger partial charge in [-0.1, -0.05) is 44.9 Å². The van der Waals surface area contributed by atoms with E-state index in [0.717, 1.165) is 18.6 Å². The zero-order valence-electron chi connectivity index (χ0n) is 9.90. The lowest BCUT2D eigenvalue weighted by Gasteiger charge is -2.01. The first-order chi connectivity index (χ1) is 7.77. The zero-order valence-corrected chi connectivity index (χ0v) is 11.6. The molecule has 0 aromatic carbocycles. The molecule has 0 bridgehead atoms. The van der Waals surface area contributed by atoms with Crippen LogP contribution < -0.4 is 0 Å². The van der Waals surface area contributed by atoms with Crippen LogP contribution in [0.25, 0.3) is 0 Å². The van der Waals surface area contributed by atoms with Crippen LogP contribution >= 0.6 is 12.6 Å². The lowest BCUT2D eigenvalue weighted by atomic mass is 10.1. The maximum Gasteiger partial charge on any atom is 0.301 e. The minimum atomic E-state index is -2.09. The van der Waals surface area contributed by atoms with Gasteiger partial charge in [0.25, 0.3) is 0 Å². The van der Waals surface area contributed by atoms with E-state index in [4.69, 9.17) is 4.55 Å². The molecule has 16 heavy (non-hydrogen) atoms. The molecule has 1 atom stereocenters. The standard InChI is InChI=1S/C11H24O3S2/c12-16(13)14-10-8-6-4-2-1-3-5-7-9-11-15/h15H,1-11H2,(H,12,13). The molecule has 0 aliphatic rings. The van der Waals surface area contributed by atoms with Crippen molar-refractivity contribution >= 4 is 24.0 Å². The van der Waals surface area contributed by atoms with Crippen molar-refractivity contribution in [1.29, 1.82) is 0 Å². The maximum atomic E-state index is 10.1. The molecule has 0 aliphatic carbocycles. The Balaban J connectivity index is 2.90. The molecular formula is C11H24O3S2. The Morgan fingerprint density at radius 2 is 1.31 bits per heavy atom. The van der Waals surface area contributed by atoms with Gasteiger partial charge in [-0.15, -0.1) is 0 Å². The van der Waals surface area contributed by atoms with E-state index in [-0.39, 0.29) is 0 Å². The van der Waals surface area contributed by atoms with E-state index >= 15 is 0 Å². The number of hydrogen-bond acceptors (Lipinski definition) is 3. The fraction of sp³-hybridized carbons (Fsp3) is 1.00. The fourth-order valence-corrected chi connectivity index (χ4v) is 2.07. The van der Waals surface area contributed by atoms with Gasteiger partial charge in [0.05, 0.1) is 6.61 Å². The third kappa shape index (κ3) is 14.4. The first kappa shape index (κ1) is 16.4. The Morgan fingerprint density at radius 1 is 0.875 bits per heavy atom. The van der Waals surface area contributed by atoms with Gasteiger partial charge in [-0.2, -0.15) is 16.8 Å². The second-order valence-electron chi connectivity index (χ2n) is 3.94. The minimum Gasteiger partial charge on any atom is -0.284 e. The van der Waals surface area contributed by atoms with Crippen LogP contribution in [0.1, 0.15) is 57.8 Å². The minimum absolute atomic E-state index is 0.394. The van der Waals surface area contributed by atoms with E-state index in [1.807, 2.05) is 0 Å². The van der Waals surface area contributed by atoms with Crippen LogP contribution in [-0.4, -0.2) is 21.1 Å². The number of unbranched alkanes of at least 4 members (excludes halogenated alkanes) is 8. The smallest absolute Gasteiger partial charge is 0.284 e. The average molecular weight is 268 g/mol. The van der Waals surface area contributed by atoms with Gasteiger partial charge in [0.2, 0.25) is 0 Å². The molecule has 0 radical (unpaired) electrons. The van der Waals surface area contributed by atoms with Crippen molar-refractivity contribution in [2.24, 2.45) is 0 Å². The average Bonchev–Trinajstić information content (AvgIpc) is 2.25. The summed E-state index contributed by atoms with van der Waals surface area (Å²) >= 11 is 2.09. The van der Waals surface area contributed by atoms with E-state index in [0.29, 0.717) is 6.61 Å². The summed E-state index contributed by atoms with van der Waals surface area (Å²) in [6.07, 6.45) is 10.9. The summed E-state index contributed by atoms with van der Waals surface area (Å²) in [5.74, 6) is 1.01. The number of hydrogen-bond donors (Lipinski definition) is 2. The molecule has 1 N–H and O–H groups in total. The van der Waals surface area contributed by atoms with Crippen molar-refractivity contribution in [2.75, 3.05) is 12.4 Å². The summed E-state index contributed by atoms with van der Waals surface area (Å²) in [4.78, 5) is 0. The fourth-order valence-electron chi connectivity index (χ4n) is 1.58. The Bertz CT molecular complexity index is 165. The lowest BCUT2D eigenvalue weighted by Crippen LogP contribution is -1.97. The van der Waals surface area contributed by atoms with Gasteiger partial charge in [-0.05, 0) is 18.6 Å². The second-order valence-corrected chi connectivity index (χ2v) is 5.06. The van der Waals surface area contributed by atoms with Crippen LogP contribution in [0.2, 0.25) is 0 Å². The maximum absolute atomic E-state index is 10.1. The molecule has 3 nitrogen and oxygen atoms in total. The number of rotatable bonds is 12. The summed E-state index contributed by atoms with van der Waals surface area (Å²) in [6.45, 7) is 0.394. The highest BCUT2D eigenvalue weighted by atomic mass is 32.2. The highest BCUT2D eigenvalue weighted by molar-refractivity contribution is 7.80. The Kier molecular flexibility index (Phi) is 13.8. The molecular weight excluding hydrogens is 244 g/mol. The highest BCUT2D eigenvalue weighted by Gasteiger charge is 1.94. The molecule has 0 saturated heterocycles. The van der Waals surface area contributed by atoms with Gasteiger partial charge in [0, 0.05) is 0 Å². The Labute approximate surface area is 107 Å². The Hall–Kier alpha value is 0.420. The third-order valence-corrected chi connectivity index (χ3v) is 3.17. The molecule has 0 heterocycles. The van der Waals surface area contributed by atoms with Gasteiger partial charge in [0.1, 0.15) is 0 Å². The van der Waals surface area contributed by atoms with Crippen molar-refractivity contribution < 1.29 is 12.9 Å². The monoisotopic (exact) mass is 268 g/mol. The molecule has 0 saturated carbocycles. The van der Waals surface area contributed by atoms with Gasteiger partial charge < -0.3 is 0 Å². The summed E-state index contributed by atoms with van der Waals surface area (Å²) in [7, 11) is 0. The topological polar surface area (TPSA) is 46.5 Å². The van der Waals surface area contributed by atoms with Crippen molar-refractivity contribution in [3.8, 4) is 0 Å². The highest BCUT2D eigenvalue weighted by Crippen LogP contribution is 2.09. The molecule has 0 aromatic rings. The molecule has 0 aliphatic heterocycles. The summed E-state index contributed by atoms with van der Waals surface area (Å²) in [5.41, 5.74) is 0. The van der Waals surface area contributed by atoms with Crippen molar-refractivity contribution in [2.45, 2.75) is 57.8 Å². The predicted molar refractivity (Wildman–Crippen MR) is 72.1 cm³/mol. The van der Waals surface area contributed by atoms with E-state index in [1.165, 1.54) is 44.9 Å². The van der Waals surface area contributed by atoms with E-state index < -0.39 is 11.4 Å². The SMILES string of the molecule is O=S(O)OCCCCCCCCCCCS. The van der Waals surface area contributed by atoms with Crippen LogP contribution in [0.3, 0.4) is 0 Å². The van der Waals surface area contributed by atoms with Crippen LogP contribution in [0.5, 0.6) is 0 Å². The van der Waals surface area contributed by atoms with Crippen molar-refractivity contribution in [1.82, 2.24) is 0 Å². The lowest BCUT2D eigenvalue weighted by molar-refractivity contribution is 0.296. The summed E-state index contributed by atoms with van der Waals surface area (Å²) < 4.78 is 23.0. The number of thiol groups is 1. The normalized spacial score (nSPS) is 12.9. The third-order valence-electron chi connectivity index (χ3n) is 2.49. The Morgan fingerprint density at radius 3 is 1.75 bits per heavy atom. The van der Waals surface area contributed by atoms with E-state index in [2.05, 4.69) is 16.8 Å². The van der Waals surface area contributed by atoms with Crippen LogP contribution in [-0.2, 0) is 15.5 Å². The van der Waals surface area contributed by atoms with Gasteiger partial charge in [-0.25, -0.2) is 0 Å².